The van der Waals surface area contributed by atoms with Gasteiger partial charge < -0.3 is 4.98 Å². The maximum absolute atomic E-state index is 13.5. The van der Waals surface area contributed by atoms with Gasteiger partial charge in [0.25, 0.3) is 5.56 Å². The van der Waals surface area contributed by atoms with E-state index >= 15 is 0 Å². The van der Waals surface area contributed by atoms with E-state index < -0.39 is 0 Å². The van der Waals surface area contributed by atoms with Gasteiger partial charge in [-0.05, 0) is 30.7 Å². The van der Waals surface area contributed by atoms with E-state index in [9.17, 15) is 4.79 Å². The summed E-state index contributed by atoms with van der Waals surface area (Å²) in [4.78, 5) is 21.6. The molecule has 0 fully saturated rings. The first kappa shape index (κ1) is 17.8. The lowest BCUT2D eigenvalue weighted by Crippen LogP contribution is -2.21. The molecule has 0 saturated carbocycles. The summed E-state index contributed by atoms with van der Waals surface area (Å²) in [5.41, 5.74) is 5.36. The molecule has 29 heavy (non-hydrogen) atoms. The number of aromatic nitrogens is 3. The Morgan fingerprint density at radius 1 is 0.931 bits per heavy atom. The molecule has 0 saturated heterocycles. The molecule has 2 aromatic heterocycles. The van der Waals surface area contributed by atoms with Crippen LogP contribution in [0.4, 0.5) is 0 Å². The average molecular weight is 398 g/mol. The number of fused-ring (bicyclic) bond motifs is 3. The second-order valence-corrected chi connectivity index (χ2v) is 7.98. The van der Waals surface area contributed by atoms with E-state index in [0.29, 0.717) is 10.7 Å². The zero-order valence-corrected chi connectivity index (χ0v) is 16.7. The molecule has 0 atom stereocenters. The zero-order valence-electron chi connectivity index (χ0n) is 15.9. The lowest BCUT2D eigenvalue weighted by atomic mass is 10.2. The standard InChI is InChI=1S/C24H19N3OS/c1-16-11-13-17(14-12-16)15-29-24-26-21-19-9-5-6-10-20(19)25-22(21)23(28)27(24)18-7-3-2-4-8-18/h2-14,25H,15H2,1H3. The van der Waals surface area contributed by atoms with Crippen molar-refractivity contribution in [2.45, 2.75) is 17.8 Å². The summed E-state index contributed by atoms with van der Waals surface area (Å²) in [5.74, 6) is 0.743. The van der Waals surface area contributed by atoms with Crippen LogP contribution in [0.1, 0.15) is 11.1 Å². The molecule has 0 radical (unpaired) electrons. The maximum atomic E-state index is 13.5. The third kappa shape index (κ3) is 3.23. The maximum Gasteiger partial charge on any atom is 0.283 e. The number of aromatic amines is 1. The van der Waals surface area contributed by atoms with Crippen molar-refractivity contribution in [1.82, 2.24) is 14.5 Å². The third-order valence-corrected chi connectivity index (χ3v) is 6.01. The molecule has 5 rings (SSSR count). The van der Waals surface area contributed by atoms with E-state index in [2.05, 4.69) is 36.2 Å². The van der Waals surface area contributed by atoms with Gasteiger partial charge in [-0.25, -0.2) is 4.98 Å². The lowest BCUT2D eigenvalue weighted by Gasteiger charge is -2.12. The SMILES string of the molecule is Cc1ccc(CSc2nc3c([nH]c4ccccc43)c(=O)n2-c2ccccc2)cc1. The van der Waals surface area contributed by atoms with Gasteiger partial charge in [-0.15, -0.1) is 0 Å². The minimum Gasteiger partial charge on any atom is -0.349 e. The van der Waals surface area contributed by atoms with Crippen molar-refractivity contribution < 1.29 is 0 Å². The van der Waals surface area contributed by atoms with Crippen molar-refractivity contribution >= 4 is 33.7 Å². The zero-order chi connectivity index (χ0) is 19.8. The van der Waals surface area contributed by atoms with Gasteiger partial charge in [0.1, 0.15) is 11.0 Å². The highest BCUT2D eigenvalue weighted by molar-refractivity contribution is 7.98. The highest BCUT2D eigenvalue weighted by Crippen LogP contribution is 2.28. The Balaban J connectivity index is 1.69. The van der Waals surface area contributed by atoms with Gasteiger partial charge in [0.05, 0.1) is 5.69 Å². The Kier molecular flexibility index (Phi) is 4.45. The number of para-hydroxylation sites is 2. The Hall–Kier alpha value is -3.31. The van der Waals surface area contributed by atoms with Crippen molar-refractivity contribution in [3.8, 4) is 5.69 Å². The number of nitrogens with one attached hydrogen (secondary N) is 1. The largest absolute Gasteiger partial charge is 0.349 e. The molecule has 0 spiro atoms. The van der Waals surface area contributed by atoms with E-state index in [-0.39, 0.29) is 5.56 Å². The van der Waals surface area contributed by atoms with Crippen LogP contribution in [0, 0.1) is 6.92 Å². The molecule has 1 N–H and O–H groups in total. The van der Waals surface area contributed by atoms with Crippen LogP contribution in [-0.2, 0) is 5.75 Å². The number of benzene rings is 3. The molecule has 0 aliphatic heterocycles. The predicted octanol–water partition coefficient (Wildman–Crippen LogP) is 5.47. The number of hydrogen-bond acceptors (Lipinski definition) is 3. The van der Waals surface area contributed by atoms with Crippen LogP contribution in [0.25, 0.3) is 27.6 Å². The van der Waals surface area contributed by atoms with E-state index in [1.807, 2.05) is 54.6 Å². The van der Waals surface area contributed by atoms with E-state index in [0.717, 1.165) is 27.9 Å². The van der Waals surface area contributed by atoms with Crippen molar-refractivity contribution in [3.05, 3.63) is 100 Å². The van der Waals surface area contributed by atoms with E-state index in [1.54, 1.807) is 16.3 Å². The predicted molar refractivity (Wildman–Crippen MR) is 120 cm³/mol. The van der Waals surface area contributed by atoms with Crippen LogP contribution in [-0.4, -0.2) is 14.5 Å². The number of thioether (sulfide) groups is 1. The number of hydrogen-bond donors (Lipinski definition) is 1. The summed E-state index contributed by atoms with van der Waals surface area (Å²) in [6, 6.07) is 26.1. The first-order valence-electron chi connectivity index (χ1n) is 9.48. The number of rotatable bonds is 4. The normalized spacial score (nSPS) is 11.3. The van der Waals surface area contributed by atoms with Crippen LogP contribution in [0.5, 0.6) is 0 Å². The Labute approximate surface area is 172 Å². The van der Waals surface area contributed by atoms with Crippen LogP contribution in [0.3, 0.4) is 0 Å². The number of aryl methyl sites for hydroxylation is 1. The van der Waals surface area contributed by atoms with Crippen LogP contribution < -0.4 is 5.56 Å². The third-order valence-electron chi connectivity index (χ3n) is 5.00. The second-order valence-electron chi connectivity index (χ2n) is 7.04. The summed E-state index contributed by atoms with van der Waals surface area (Å²) in [7, 11) is 0. The minimum absolute atomic E-state index is 0.0798. The smallest absolute Gasteiger partial charge is 0.283 e. The van der Waals surface area contributed by atoms with Gasteiger partial charge >= 0.3 is 0 Å². The molecule has 3 aromatic carbocycles. The fraction of sp³-hybridized carbons (Fsp3) is 0.0833. The summed E-state index contributed by atoms with van der Waals surface area (Å²) in [5, 5.41) is 1.66. The molecule has 2 heterocycles. The highest BCUT2D eigenvalue weighted by atomic mass is 32.2. The van der Waals surface area contributed by atoms with E-state index in [1.165, 1.54) is 11.1 Å². The molecule has 0 aliphatic carbocycles. The fourth-order valence-electron chi connectivity index (χ4n) is 3.48. The first-order valence-corrected chi connectivity index (χ1v) is 10.5. The molecule has 5 heteroatoms. The fourth-order valence-corrected chi connectivity index (χ4v) is 4.44. The lowest BCUT2D eigenvalue weighted by molar-refractivity contribution is 0.819. The van der Waals surface area contributed by atoms with Crippen molar-refractivity contribution in [1.29, 1.82) is 0 Å². The van der Waals surface area contributed by atoms with Crippen molar-refractivity contribution in [2.75, 3.05) is 0 Å². The van der Waals surface area contributed by atoms with Gasteiger partial charge in [-0.1, -0.05) is 78.0 Å². The van der Waals surface area contributed by atoms with Crippen molar-refractivity contribution in [2.24, 2.45) is 0 Å². The monoisotopic (exact) mass is 397 g/mol. The molecule has 0 unspecified atom stereocenters. The number of nitrogens with zero attached hydrogens (tertiary/aromatic N) is 2. The summed E-state index contributed by atoms with van der Waals surface area (Å²) < 4.78 is 1.70. The molecular formula is C24H19N3OS. The number of H-pyrrole nitrogens is 1. The Bertz CT molecular complexity index is 1370. The average Bonchev–Trinajstić information content (AvgIpc) is 3.13. The molecule has 5 aromatic rings. The van der Waals surface area contributed by atoms with Gasteiger partial charge in [-0.2, -0.15) is 0 Å². The summed E-state index contributed by atoms with van der Waals surface area (Å²) in [6.45, 7) is 2.08. The molecule has 0 bridgehead atoms. The Morgan fingerprint density at radius 3 is 2.45 bits per heavy atom. The quantitative estimate of drug-likeness (QED) is 0.323. The summed E-state index contributed by atoms with van der Waals surface area (Å²) >= 11 is 1.58. The van der Waals surface area contributed by atoms with Crippen LogP contribution >= 0.6 is 11.8 Å². The molecule has 0 aliphatic rings. The molecule has 4 nitrogen and oxygen atoms in total. The molecule has 0 amide bonds. The van der Waals surface area contributed by atoms with Crippen LogP contribution in [0.15, 0.2) is 88.8 Å². The van der Waals surface area contributed by atoms with Gasteiger partial charge in [-0.3, -0.25) is 9.36 Å². The minimum atomic E-state index is -0.0798. The molecular weight excluding hydrogens is 378 g/mol. The van der Waals surface area contributed by atoms with Crippen LogP contribution in [0.2, 0.25) is 0 Å². The first-order chi connectivity index (χ1) is 14.2. The van der Waals surface area contributed by atoms with Crippen molar-refractivity contribution in [3.63, 3.8) is 0 Å². The van der Waals surface area contributed by atoms with Gasteiger partial charge in [0, 0.05) is 16.7 Å². The Morgan fingerprint density at radius 2 is 1.66 bits per heavy atom. The second kappa shape index (κ2) is 7.26. The summed E-state index contributed by atoms with van der Waals surface area (Å²) in [6.07, 6.45) is 0. The topological polar surface area (TPSA) is 50.7 Å². The van der Waals surface area contributed by atoms with Gasteiger partial charge in [0.15, 0.2) is 5.16 Å². The van der Waals surface area contributed by atoms with Gasteiger partial charge in [0.2, 0.25) is 0 Å². The molecule has 142 valence electrons. The highest BCUT2D eigenvalue weighted by Gasteiger charge is 2.17. The van der Waals surface area contributed by atoms with E-state index in [4.69, 9.17) is 4.98 Å².